The van der Waals surface area contributed by atoms with E-state index in [9.17, 15) is 19.5 Å². The molecule has 2 aromatic heterocycles. The number of rotatable bonds is 1. The summed E-state index contributed by atoms with van der Waals surface area (Å²) in [5.41, 5.74) is -0.625. The molecule has 0 atom stereocenters. The Bertz CT molecular complexity index is 1050. The van der Waals surface area contributed by atoms with Crippen molar-refractivity contribution in [2.75, 3.05) is 7.11 Å². The third-order valence-electron chi connectivity index (χ3n) is 3.15. The van der Waals surface area contributed by atoms with E-state index in [1.54, 1.807) is 18.2 Å². The maximum absolute atomic E-state index is 12.4. The average Bonchev–Trinajstić information content (AvgIpc) is 2.46. The summed E-state index contributed by atoms with van der Waals surface area (Å²) in [6.07, 6.45) is 0. The van der Waals surface area contributed by atoms with Crippen LogP contribution in [0.2, 0.25) is 0 Å². The molecule has 22 heavy (non-hydrogen) atoms. The molecule has 0 aliphatic heterocycles. The van der Waals surface area contributed by atoms with Crippen molar-refractivity contribution in [3.63, 3.8) is 0 Å². The van der Waals surface area contributed by atoms with Crippen LogP contribution >= 0.6 is 27.3 Å². The van der Waals surface area contributed by atoms with Crippen molar-refractivity contribution >= 4 is 49.0 Å². The predicted octanol–water partition coefficient (Wildman–Crippen LogP) is 2.13. The monoisotopic (exact) mass is 381 g/mol. The zero-order valence-corrected chi connectivity index (χ0v) is 13.5. The summed E-state index contributed by atoms with van der Waals surface area (Å²) in [5.74, 6) is -1.45. The molecule has 0 aliphatic rings. The highest BCUT2D eigenvalue weighted by molar-refractivity contribution is 9.10. The van der Waals surface area contributed by atoms with Crippen molar-refractivity contribution in [2.45, 2.75) is 0 Å². The Morgan fingerprint density at radius 1 is 1.32 bits per heavy atom. The van der Waals surface area contributed by atoms with Crippen LogP contribution < -0.4 is 10.3 Å². The topological polar surface area (TPSA) is 85.1 Å². The van der Waals surface area contributed by atoms with E-state index in [1.807, 2.05) is 0 Å². The van der Waals surface area contributed by atoms with Crippen LogP contribution in [-0.4, -0.2) is 22.6 Å². The Balaban J connectivity index is 2.67. The smallest absolute Gasteiger partial charge is 0.343 e. The van der Waals surface area contributed by atoms with E-state index < -0.39 is 22.0 Å². The van der Waals surface area contributed by atoms with Gasteiger partial charge in [0.1, 0.15) is 16.8 Å². The lowest BCUT2D eigenvalue weighted by Crippen LogP contribution is -2.21. The molecular weight excluding hydrogens is 374 g/mol. The Hall–Kier alpha value is -2.19. The average molecular weight is 382 g/mol. The molecule has 0 saturated heterocycles. The first-order valence-corrected chi connectivity index (χ1v) is 7.64. The van der Waals surface area contributed by atoms with Crippen LogP contribution in [0.15, 0.2) is 38.3 Å². The number of aromatic nitrogens is 1. The quantitative estimate of drug-likeness (QED) is 0.515. The van der Waals surface area contributed by atoms with Gasteiger partial charge in [0.2, 0.25) is 0 Å². The first kappa shape index (κ1) is 14.7. The van der Waals surface area contributed by atoms with Crippen LogP contribution in [0.5, 0.6) is 5.75 Å². The van der Waals surface area contributed by atoms with Gasteiger partial charge in [0.05, 0.1) is 17.3 Å². The predicted molar refractivity (Wildman–Crippen MR) is 86.0 cm³/mol. The molecule has 0 amide bonds. The van der Waals surface area contributed by atoms with Crippen molar-refractivity contribution < 1.29 is 14.6 Å². The lowest BCUT2D eigenvalue weighted by atomic mass is 10.2. The highest BCUT2D eigenvalue weighted by atomic mass is 79.9. The fourth-order valence-corrected chi connectivity index (χ4v) is 3.69. The zero-order chi connectivity index (χ0) is 16.0. The first-order chi connectivity index (χ1) is 10.4. The number of carbonyl (C=O) groups excluding carboxylic acids is 1. The van der Waals surface area contributed by atoms with Crippen molar-refractivity contribution in [1.82, 2.24) is 4.40 Å². The molecule has 8 heteroatoms. The van der Waals surface area contributed by atoms with Crippen LogP contribution in [0.1, 0.15) is 10.4 Å². The lowest BCUT2D eigenvalue weighted by Gasteiger charge is -2.09. The van der Waals surface area contributed by atoms with Crippen LogP contribution in [0.3, 0.4) is 0 Å². The van der Waals surface area contributed by atoms with E-state index in [1.165, 1.54) is 0 Å². The van der Waals surface area contributed by atoms with Crippen LogP contribution in [0.4, 0.5) is 0 Å². The fourth-order valence-electron chi connectivity index (χ4n) is 2.24. The molecule has 0 aliphatic carbocycles. The molecular formula is C14H8BrNO5S. The second-order valence-corrected chi connectivity index (χ2v) is 6.35. The largest absolute Gasteiger partial charge is 0.507 e. The zero-order valence-electron chi connectivity index (χ0n) is 11.1. The lowest BCUT2D eigenvalue weighted by molar-refractivity contribution is 0.0599. The summed E-state index contributed by atoms with van der Waals surface area (Å²) in [7, 11) is 1.13. The number of hydrogen-bond acceptors (Lipinski definition) is 6. The van der Waals surface area contributed by atoms with E-state index in [4.69, 9.17) is 0 Å². The van der Waals surface area contributed by atoms with Crippen LogP contribution in [-0.2, 0) is 4.74 Å². The maximum Gasteiger partial charge on any atom is 0.343 e. The van der Waals surface area contributed by atoms with E-state index >= 15 is 0 Å². The third-order valence-corrected chi connectivity index (χ3v) is 4.56. The summed E-state index contributed by atoms with van der Waals surface area (Å²) in [6, 6.07) is 5.97. The standard InChI is InChI=1S/C14H8BrNO5S/c1-21-13(19)11-8(17)5-10(18)16-7-3-2-6(15)4-9(7)22-14(20)12(11)16/h2-5,17H,1H3. The molecule has 3 rings (SSSR count). The van der Waals surface area contributed by atoms with Crippen molar-refractivity contribution in [1.29, 1.82) is 0 Å². The highest BCUT2D eigenvalue weighted by Gasteiger charge is 2.22. The number of hydrogen-bond donors (Lipinski definition) is 1. The second-order valence-electron chi connectivity index (χ2n) is 4.42. The minimum absolute atomic E-state index is 0.184. The molecule has 0 fully saturated rings. The van der Waals surface area contributed by atoms with Gasteiger partial charge in [-0.15, -0.1) is 0 Å². The minimum atomic E-state index is -0.879. The van der Waals surface area contributed by atoms with Crippen molar-refractivity contribution in [3.8, 4) is 5.75 Å². The summed E-state index contributed by atoms with van der Waals surface area (Å²) in [5, 5.41) is 9.88. The van der Waals surface area contributed by atoms with Crippen LogP contribution in [0, 0.1) is 0 Å². The number of benzene rings is 1. The maximum atomic E-state index is 12.4. The van der Waals surface area contributed by atoms with Crippen molar-refractivity contribution in [2.24, 2.45) is 0 Å². The van der Waals surface area contributed by atoms with E-state index in [2.05, 4.69) is 20.7 Å². The molecule has 6 nitrogen and oxygen atoms in total. The van der Waals surface area contributed by atoms with Gasteiger partial charge in [-0.1, -0.05) is 27.3 Å². The molecule has 0 radical (unpaired) electrons. The summed E-state index contributed by atoms with van der Waals surface area (Å²) in [6.45, 7) is 0. The molecule has 0 bridgehead atoms. The molecule has 0 unspecified atom stereocenters. The molecule has 112 valence electrons. The van der Waals surface area contributed by atoms with Crippen LogP contribution in [0.25, 0.3) is 15.7 Å². The normalized spacial score (nSPS) is 11.0. The summed E-state index contributed by atoms with van der Waals surface area (Å²) >= 11 is 4.18. The number of aromatic hydroxyl groups is 1. The van der Waals surface area contributed by atoms with Gasteiger partial charge in [-0.3, -0.25) is 14.0 Å². The van der Waals surface area contributed by atoms with Gasteiger partial charge >= 0.3 is 5.97 Å². The van der Waals surface area contributed by atoms with Gasteiger partial charge in [0.15, 0.2) is 0 Å². The molecule has 1 N–H and O–H groups in total. The Labute approximate surface area is 135 Å². The molecule has 3 aromatic rings. The second kappa shape index (κ2) is 5.22. The van der Waals surface area contributed by atoms with E-state index in [0.717, 1.165) is 33.4 Å². The van der Waals surface area contributed by atoms with Gasteiger partial charge in [0, 0.05) is 10.5 Å². The van der Waals surface area contributed by atoms with Gasteiger partial charge in [-0.05, 0) is 18.2 Å². The SMILES string of the molecule is COC(=O)c1c(O)cc(=O)n2c1c(=O)sc1cc(Br)ccc12. The number of halogens is 1. The number of methoxy groups -OCH3 is 1. The number of esters is 1. The Kier molecular flexibility index (Phi) is 3.50. The van der Waals surface area contributed by atoms with Gasteiger partial charge in [-0.2, -0.15) is 0 Å². The third kappa shape index (κ3) is 2.11. The Morgan fingerprint density at radius 3 is 2.73 bits per heavy atom. The van der Waals surface area contributed by atoms with E-state index in [0.29, 0.717) is 10.2 Å². The number of carbonyl (C=O) groups is 1. The summed E-state index contributed by atoms with van der Waals surface area (Å²) < 4.78 is 6.54. The molecule has 2 heterocycles. The van der Waals surface area contributed by atoms with Crippen molar-refractivity contribution in [3.05, 3.63) is 54.2 Å². The highest BCUT2D eigenvalue weighted by Crippen LogP contribution is 2.25. The van der Waals surface area contributed by atoms with E-state index in [-0.39, 0.29) is 11.1 Å². The number of pyridine rings is 1. The minimum Gasteiger partial charge on any atom is -0.507 e. The summed E-state index contributed by atoms with van der Waals surface area (Å²) in [4.78, 5) is 36.5. The molecule has 1 aromatic carbocycles. The fraction of sp³-hybridized carbons (Fsp3) is 0.0714. The number of fused-ring (bicyclic) bond motifs is 3. The first-order valence-electron chi connectivity index (χ1n) is 6.03. The number of nitrogens with zero attached hydrogens (tertiary/aromatic N) is 1. The molecule has 0 spiro atoms. The van der Waals surface area contributed by atoms with Gasteiger partial charge in [-0.25, -0.2) is 4.79 Å². The number of ether oxygens (including phenoxy) is 1. The van der Waals surface area contributed by atoms with Gasteiger partial charge in [0.25, 0.3) is 10.3 Å². The molecule has 0 saturated carbocycles. The van der Waals surface area contributed by atoms with Gasteiger partial charge < -0.3 is 9.84 Å². The Morgan fingerprint density at radius 2 is 2.05 bits per heavy atom.